The lowest BCUT2D eigenvalue weighted by atomic mass is 10.0. The highest BCUT2D eigenvalue weighted by molar-refractivity contribution is 7.80. The van der Waals surface area contributed by atoms with Crippen LogP contribution in [-0.4, -0.2) is 30.7 Å². The Balaban J connectivity index is 2.88. The average molecular weight is 280 g/mol. The highest BCUT2D eigenvalue weighted by Gasteiger charge is 2.24. The quantitative estimate of drug-likeness (QED) is 0.839. The first-order valence-corrected chi connectivity index (χ1v) is 6.39. The van der Waals surface area contributed by atoms with Gasteiger partial charge in [-0.05, 0) is 26.0 Å². The Labute approximate surface area is 119 Å². The molecule has 4 nitrogen and oxygen atoms in total. The van der Waals surface area contributed by atoms with Gasteiger partial charge < -0.3 is 15.4 Å². The van der Waals surface area contributed by atoms with Crippen LogP contribution < -0.4 is 10.6 Å². The van der Waals surface area contributed by atoms with Crippen molar-refractivity contribution in [1.29, 1.82) is 0 Å². The second kappa shape index (κ2) is 6.12. The lowest BCUT2D eigenvalue weighted by molar-refractivity contribution is -0.123. The van der Waals surface area contributed by atoms with Crippen molar-refractivity contribution >= 4 is 28.8 Å². The minimum Gasteiger partial charge on any atom is -0.389 e. The average Bonchev–Trinajstić information content (AvgIpc) is 2.37. The Morgan fingerprint density at radius 3 is 2.63 bits per heavy atom. The first-order valence-electron chi connectivity index (χ1n) is 5.98. The number of hydrogen-bond acceptors (Lipinski definition) is 3. The molecule has 0 aliphatic rings. The first kappa shape index (κ1) is 15.6. The second-order valence-electron chi connectivity index (χ2n) is 5.01. The Hall–Kier alpha value is -1.46. The van der Waals surface area contributed by atoms with Crippen molar-refractivity contribution in [3.8, 4) is 0 Å². The smallest absolute Gasteiger partial charge is 0.229 e. The van der Waals surface area contributed by atoms with Crippen LogP contribution in [0.1, 0.15) is 25.8 Å². The number of nitrogens with two attached hydrogens (primary N) is 1. The molecule has 0 radical (unpaired) electrons. The van der Waals surface area contributed by atoms with E-state index in [0.29, 0.717) is 11.4 Å². The monoisotopic (exact) mass is 280 g/mol. The molecule has 1 amide bonds. The minimum absolute atomic E-state index is 0.0214. The summed E-state index contributed by atoms with van der Waals surface area (Å²) in [6, 6.07) is 7.30. The van der Waals surface area contributed by atoms with Crippen LogP contribution in [0, 0.1) is 0 Å². The zero-order chi connectivity index (χ0) is 14.6. The van der Waals surface area contributed by atoms with Crippen molar-refractivity contribution in [2.24, 2.45) is 5.73 Å². The summed E-state index contributed by atoms with van der Waals surface area (Å²) in [4.78, 5) is 14.1. The van der Waals surface area contributed by atoms with Gasteiger partial charge in [0.15, 0.2) is 0 Å². The van der Waals surface area contributed by atoms with Crippen molar-refractivity contribution in [3.05, 3.63) is 29.8 Å². The molecule has 0 spiro atoms. The zero-order valence-corrected chi connectivity index (χ0v) is 12.6. The summed E-state index contributed by atoms with van der Waals surface area (Å²) in [5.41, 5.74) is 6.62. The molecule has 0 saturated carbocycles. The van der Waals surface area contributed by atoms with Crippen LogP contribution in [0.25, 0.3) is 0 Å². The first-order chi connectivity index (χ1) is 8.76. The predicted octanol–water partition coefficient (Wildman–Crippen LogP) is 2.10. The molecule has 0 fully saturated rings. The highest BCUT2D eigenvalue weighted by Crippen LogP contribution is 2.19. The zero-order valence-electron chi connectivity index (χ0n) is 11.8. The van der Waals surface area contributed by atoms with Crippen molar-refractivity contribution in [3.63, 3.8) is 0 Å². The third-order valence-electron chi connectivity index (χ3n) is 3.02. The van der Waals surface area contributed by atoms with E-state index in [2.05, 4.69) is 0 Å². The highest BCUT2D eigenvalue weighted by atomic mass is 32.1. The van der Waals surface area contributed by atoms with E-state index < -0.39 is 5.60 Å². The molecule has 0 aliphatic heterocycles. The summed E-state index contributed by atoms with van der Waals surface area (Å²) in [6.07, 6.45) is 0.303. The van der Waals surface area contributed by atoms with Crippen LogP contribution in [0.15, 0.2) is 24.3 Å². The van der Waals surface area contributed by atoms with Gasteiger partial charge in [0.1, 0.15) is 4.99 Å². The molecule has 1 rings (SSSR count). The van der Waals surface area contributed by atoms with Crippen LogP contribution in [0.2, 0.25) is 0 Å². The van der Waals surface area contributed by atoms with E-state index in [1.807, 2.05) is 32.0 Å². The summed E-state index contributed by atoms with van der Waals surface area (Å²) in [6.45, 7) is 3.76. The summed E-state index contributed by atoms with van der Waals surface area (Å²) in [5, 5.41) is 0. The largest absolute Gasteiger partial charge is 0.389 e. The number of carbonyl (C=O) groups excluding carboxylic acids is 1. The van der Waals surface area contributed by atoms with Crippen LogP contribution >= 0.6 is 12.2 Å². The Kier molecular flexibility index (Phi) is 5.03. The predicted molar refractivity (Wildman–Crippen MR) is 81.4 cm³/mol. The van der Waals surface area contributed by atoms with E-state index in [1.54, 1.807) is 25.1 Å². The van der Waals surface area contributed by atoms with Gasteiger partial charge in [-0.15, -0.1) is 0 Å². The second-order valence-corrected chi connectivity index (χ2v) is 5.45. The minimum atomic E-state index is -0.480. The molecule has 0 atom stereocenters. The molecule has 2 N–H and O–H groups in total. The number of thiocarbonyl (C=S) groups is 1. The fourth-order valence-corrected chi connectivity index (χ4v) is 1.69. The Morgan fingerprint density at radius 1 is 1.47 bits per heavy atom. The molecule has 0 aliphatic carbocycles. The molecule has 0 aromatic heterocycles. The number of amides is 1. The molecule has 0 bridgehead atoms. The van der Waals surface area contributed by atoms with Crippen LogP contribution in [0.5, 0.6) is 0 Å². The van der Waals surface area contributed by atoms with Gasteiger partial charge in [-0.1, -0.05) is 24.4 Å². The van der Waals surface area contributed by atoms with E-state index in [0.717, 1.165) is 11.3 Å². The van der Waals surface area contributed by atoms with Gasteiger partial charge >= 0.3 is 0 Å². The molecule has 0 unspecified atom stereocenters. The molecular weight excluding hydrogens is 260 g/mol. The van der Waals surface area contributed by atoms with E-state index >= 15 is 0 Å². The number of carbonyl (C=O) groups is 1. The topological polar surface area (TPSA) is 55.6 Å². The van der Waals surface area contributed by atoms with Gasteiger partial charge in [-0.3, -0.25) is 4.79 Å². The van der Waals surface area contributed by atoms with E-state index in [4.69, 9.17) is 22.7 Å². The number of methoxy groups -OCH3 is 1. The lowest BCUT2D eigenvalue weighted by Crippen LogP contribution is -2.35. The third kappa shape index (κ3) is 4.29. The van der Waals surface area contributed by atoms with Gasteiger partial charge in [0.2, 0.25) is 5.91 Å². The van der Waals surface area contributed by atoms with Crippen molar-refractivity contribution in [1.82, 2.24) is 0 Å². The Morgan fingerprint density at radius 2 is 2.11 bits per heavy atom. The maximum atomic E-state index is 12.2. The fraction of sp³-hybridized carbons (Fsp3) is 0.429. The number of rotatable bonds is 5. The number of benzene rings is 1. The number of hydrogen-bond donors (Lipinski definition) is 1. The van der Waals surface area contributed by atoms with Crippen LogP contribution in [0.4, 0.5) is 5.69 Å². The van der Waals surface area contributed by atoms with Crippen molar-refractivity contribution < 1.29 is 9.53 Å². The summed E-state index contributed by atoms with van der Waals surface area (Å²) in [5.74, 6) is -0.0214. The summed E-state index contributed by atoms with van der Waals surface area (Å²) < 4.78 is 5.27. The lowest BCUT2D eigenvalue weighted by Gasteiger charge is -2.26. The normalized spacial score (nSPS) is 11.2. The van der Waals surface area contributed by atoms with Crippen molar-refractivity contribution in [2.75, 3.05) is 19.1 Å². The molecule has 5 heteroatoms. The Bertz CT molecular complexity index is 486. The molecule has 104 valence electrons. The van der Waals surface area contributed by atoms with Gasteiger partial charge in [0.05, 0.1) is 12.0 Å². The number of nitrogens with zero attached hydrogens (tertiary/aromatic N) is 1. The molecule has 1 aromatic carbocycles. The summed E-state index contributed by atoms with van der Waals surface area (Å²) in [7, 11) is 3.33. The standard InChI is InChI=1S/C14H20N2O2S/c1-14(2,18-4)9-12(17)16(3)11-7-5-6-10(8-11)13(15)19/h5-8H,9H2,1-4H3,(H2,15,19). The molecule has 0 heterocycles. The van der Waals surface area contributed by atoms with Crippen LogP contribution in [-0.2, 0) is 9.53 Å². The van der Waals surface area contributed by atoms with Gasteiger partial charge in [0.25, 0.3) is 0 Å². The van der Waals surface area contributed by atoms with Gasteiger partial charge in [0, 0.05) is 25.4 Å². The number of anilines is 1. The van der Waals surface area contributed by atoms with Crippen LogP contribution in [0.3, 0.4) is 0 Å². The van der Waals surface area contributed by atoms with E-state index in [-0.39, 0.29) is 5.91 Å². The number of ether oxygens (including phenoxy) is 1. The molecular formula is C14H20N2O2S. The SMILES string of the molecule is COC(C)(C)CC(=O)N(C)c1cccc(C(N)=S)c1. The van der Waals surface area contributed by atoms with Gasteiger partial charge in [-0.2, -0.15) is 0 Å². The van der Waals surface area contributed by atoms with E-state index in [1.165, 1.54) is 0 Å². The maximum absolute atomic E-state index is 12.2. The molecule has 0 saturated heterocycles. The van der Waals surface area contributed by atoms with E-state index in [9.17, 15) is 4.79 Å². The maximum Gasteiger partial charge on any atom is 0.229 e. The molecule has 19 heavy (non-hydrogen) atoms. The molecule has 1 aromatic rings. The third-order valence-corrected chi connectivity index (χ3v) is 3.26. The van der Waals surface area contributed by atoms with Gasteiger partial charge in [-0.25, -0.2) is 0 Å². The summed E-state index contributed by atoms with van der Waals surface area (Å²) >= 11 is 4.93. The van der Waals surface area contributed by atoms with Crippen molar-refractivity contribution in [2.45, 2.75) is 25.9 Å². The fourth-order valence-electron chi connectivity index (χ4n) is 1.57.